The molecule has 0 aliphatic rings. The lowest BCUT2D eigenvalue weighted by atomic mass is 10.3. The summed E-state index contributed by atoms with van der Waals surface area (Å²) in [6.45, 7) is 3.44. The van der Waals surface area contributed by atoms with Gasteiger partial charge in [-0.05, 0) is 37.6 Å². The third-order valence-electron chi connectivity index (χ3n) is 3.15. The van der Waals surface area contributed by atoms with E-state index in [4.69, 9.17) is 4.74 Å². The van der Waals surface area contributed by atoms with Crippen LogP contribution in [0.4, 0.5) is 0 Å². The Balaban J connectivity index is 2.18. The first-order chi connectivity index (χ1) is 11.5. The fourth-order valence-corrected chi connectivity index (χ4v) is 2.24. The van der Waals surface area contributed by atoms with Crippen LogP contribution in [0, 0.1) is 0 Å². The minimum atomic E-state index is -0.546. The van der Waals surface area contributed by atoms with Gasteiger partial charge in [0, 0.05) is 30.3 Å². The molecule has 1 amide bonds. The lowest BCUT2D eigenvalue weighted by Crippen LogP contribution is -2.30. The smallest absolute Gasteiger partial charge is 0.275 e. The van der Waals surface area contributed by atoms with Gasteiger partial charge in [0.2, 0.25) is 0 Å². The fourth-order valence-electron chi connectivity index (χ4n) is 1.98. The summed E-state index contributed by atoms with van der Waals surface area (Å²) in [4.78, 5) is 24.2. The second-order valence-corrected chi connectivity index (χ2v) is 5.83. The number of hydrogen-bond donors (Lipinski definition) is 2. The van der Waals surface area contributed by atoms with E-state index in [1.807, 2.05) is 6.92 Å². The number of hydrogen-bond acceptors (Lipinski definition) is 5. The zero-order chi connectivity index (χ0) is 17.5. The third kappa shape index (κ3) is 4.65. The molecule has 0 saturated carbocycles. The molecule has 8 heteroatoms. The Morgan fingerprint density at radius 1 is 1.38 bits per heavy atom. The molecule has 0 bridgehead atoms. The minimum absolute atomic E-state index is 0.200. The van der Waals surface area contributed by atoms with Crippen molar-refractivity contribution in [3.63, 3.8) is 0 Å². The van der Waals surface area contributed by atoms with Crippen LogP contribution in [0.1, 0.15) is 23.8 Å². The Morgan fingerprint density at radius 2 is 2.08 bits per heavy atom. The van der Waals surface area contributed by atoms with Crippen molar-refractivity contribution in [2.45, 2.75) is 13.3 Å². The number of ether oxygens (including phenoxy) is 1. The first-order valence-electron chi connectivity index (χ1n) is 7.48. The van der Waals surface area contributed by atoms with E-state index in [0.29, 0.717) is 31.9 Å². The number of aromatic hydroxyl groups is 1. The van der Waals surface area contributed by atoms with Crippen LogP contribution in [-0.2, 0) is 4.74 Å². The van der Waals surface area contributed by atoms with Gasteiger partial charge in [0.1, 0.15) is 0 Å². The normalized spacial score (nSPS) is 10.6. The molecular weight excluding hydrogens is 378 g/mol. The SMILES string of the molecule is CCOCCCNC(=O)c1nn(-c2ccc(Br)cc2)c(=O)cc1O. The van der Waals surface area contributed by atoms with Gasteiger partial charge in [-0.2, -0.15) is 9.78 Å². The van der Waals surface area contributed by atoms with E-state index in [-0.39, 0.29) is 5.69 Å². The van der Waals surface area contributed by atoms with Gasteiger partial charge in [0.05, 0.1) is 5.69 Å². The molecule has 1 heterocycles. The highest BCUT2D eigenvalue weighted by Gasteiger charge is 2.16. The Morgan fingerprint density at radius 3 is 2.75 bits per heavy atom. The highest BCUT2D eigenvalue weighted by molar-refractivity contribution is 9.10. The molecule has 0 spiro atoms. The number of nitrogens with zero attached hydrogens (tertiary/aromatic N) is 2. The van der Waals surface area contributed by atoms with Gasteiger partial charge >= 0.3 is 0 Å². The van der Waals surface area contributed by atoms with E-state index in [1.165, 1.54) is 0 Å². The number of nitrogens with one attached hydrogen (secondary N) is 1. The van der Waals surface area contributed by atoms with Gasteiger partial charge in [-0.25, -0.2) is 0 Å². The van der Waals surface area contributed by atoms with E-state index in [9.17, 15) is 14.7 Å². The monoisotopic (exact) mass is 395 g/mol. The highest BCUT2D eigenvalue weighted by Crippen LogP contribution is 2.15. The number of halogens is 1. The zero-order valence-electron chi connectivity index (χ0n) is 13.2. The van der Waals surface area contributed by atoms with E-state index < -0.39 is 17.2 Å². The molecule has 0 radical (unpaired) electrons. The van der Waals surface area contributed by atoms with Crippen molar-refractivity contribution < 1.29 is 14.6 Å². The first-order valence-corrected chi connectivity index (χ1v) is 8.27. The van der Waals surface area contributed by atoms with Crippen LogP contribution in [0.3, 0.4) is 0 Å². The summed E-state index contributed by atoms with van der Waals surface area (Å²) in [7, 11) is 0. The summed E-state index contributed by atoms with van der Waals surface area (Å²) in [5, 5.41) is 16.5. The molecule has 2 N–H and O–H groups in total. The average molecular weight is 396 g/mol. The summed E-state index contributed by atoms with van der Waals surface area (Å²) in [6.07, 6.45) is 0.646. The molecule has 1 aromatic carbocycles. The van der Waals surface area contributed by atoms with E-state index in [2.05, 4.69) is 26.3 Å². The molecule has 1 aromatic heterocycles. The van der Waals surface area contributed by atoms with Gasteiger partial charge in [-0.15, -0.1) is 0 Å². The molecule has 0 atom stereocenters. The van der Waals surface area contributed by atoms with Crippen molar-refractivity contribution in [2.75, 3.05) is 19.8 Å². The van der Waals surface area contributed by atoms with Crippen LogP contribution in [0.15, 0.2) is 39.6 Å². The standard InChI is InChI=1S/C16H18BrN3O4/c1-2-24-9-3-8-18-16(23)15-13(21)10-14(22)20(19-15)12-6-4-11(17)5-7-12/h4-7,10,21H,2-3,8-9H2,1H3,(H,18,23). The Bertz CT molecular complexity index is 759. The van der Waals surface area contributed by atoms with Gasteiger partial charge < -0.3 is 15.2 Å². The third-order valence-corrected chi connectivity index (χ3v) is 3.68. The Hall–Kier alpha value is -2.19. The average Bonchev–Trinajstić information content (AvgIpc) is 2.55. The van der Waals surface area contributed by atoms with Crippen molar-refractivity contribution in [1.29, 1.82) is 0 Å². The second kappa shape index (κ2) is 8.60. The van der Waals surface area contributed by atoms with E-state index in [0.717, 1.165) is 15.2 Å². The molecule has 0 aliphatic carbocycles. The van der Waals surface area contributed by atoms with Crippen molar-refractivity contribution in [1.82, 2.24) is 15.1 Å². The fraction of sp³-hybridized carbons (Fsp3) is 0.312. The predicted octanol–water partition coefficient (Wildman–Crippen LogP) is 1.86. The number of aromatic nitrogens is 2. The second-order valence-electron chi connectivity index (χ2n) is 4.91. The summed E-state index contributed by atoms with van der Waals surface area (Å²) >= 11 is 3.31. The maximum Gasteiger partial charge on any atom is 0.275 e. The largest absolute Gasteiger partial charge is 0.505 e. The van der Waals surface area contributed by atoms with Crippen molar-refractivity contribution in [2.24, 2.45) is 0 Å². The van der Waals surface area contributed by atoms with E-state index >= 15 is 0 Å². The van der Waals surface area contributed by atoms with Crippen molar-refractivity contribution >= 4 is 21.8 Å². The lowest BCUT2D eigenvalue weighted by Gasteiger charge is -2.09. The molecule has 0 aliphatic heterocycles. The molecule has 128 valence electrons. The summed E-state index contributed by atoms with van der Waals surface area (Å²) in [5.74, 6) is -0.995. The van der Waals surface area contributed by atoms with Gasteiger partial charge in [0.25, 0.3) is 11.5 Å². The molecular formula is C16H18BrN3O4. The summed E-state index contributed by atoms with van der Waals surface area (Å²) in [6, 6.07) is 7.84. The summed E-state index contributed by atoms with van der Waals surface area (Å²) in [5.41, 5.74) is -0.231. The Kier molecular flexibility index (Phi) is 6.51. The van der Waals surface area contributed by atoms with Gasteiger partial charge in [-0.3, -0.25) is 9.59 Å². The molecule has 24 heavy (non-hydrogen) atoms. The van der Waals surface area contributed by atoms with Crippen LogP contribution in [-0.4, -0.2) is 40.6 Å². The van der Waals surface area contributed by atoms with Gasteiger partial charge in [-0.1, -0.05) is 15.9 Å². The van der Waals surface area contributed by atoms with Crippen LogP contribution in [0.5, 0.6) is 5.75 Å². The molecule has 0 saturated heterocycles. The van der Waals surface area contributed by atoms with E-state index in [1.54, 1.807) is 24.3 Å². The molecule has 0 fully saturated rings. The molecule has 2 aromatic rings. The van der Waals surface area contributed by atoms with Crippen LogP contribution >= 0.6 is 15.9 Å². The predicted molar refractivity (Wildman–Crippen MR) is 92.6 cm³/mol. The van der Waals surface area contributed by atoms with Gasteiger partial charge in [0.15, 0.2) is 11.4 Å². The Labute approximate surface area is 147 Å². The number of rotatable bonds is 7. The first kappa shape index (κ1) is 18.2. The van der Waals surface area contributed by atoms with Crippen LogP contribution in [0.25, 0.3) is 5.69 Å². The number of benzene rings is 1. The molecule has 7 nitrogen and oxygen atoms in total. The summed E-state index contributed by atoms with van der Waals surface area (Å²) < 4.78 is 7.10. The number of carbonyl (C=O) groups excluding carboxylic acids is 1. The van der Waals surface area contributed by atoms with Crippen LogP contribution in [0.2, 0.25) is 0 Å². The maximum atomic E-state index is 12.1. The minimum Gasteiger partial charge on any atom is -0.505 e. The highest BCUT2D eigenvalue weighted by atomic mass is 79.9. The number of amides is 1. The topological polar surface area (TPSA) is 93.5 Å². The number of carbonyl (C=O) groups is 1. The molecule has 0 unspecified atom stereocenters. The molecule has 2 rings (SSSR count). The quantitative estimate of drug-likeness (QED) is 0.697. The lowest BCUT2D eigenvalue weighted by molar-refractivity contribution is 0.0934. The van der Waals surface area contributed by atoms with Crippen LogP contribution < -0.4 is 10.9 Å². The maximum absolute atomic E-state index is 12.1. The van der Waals surface area contributed by atoms with Crippen molar-refractivity contribution in [3.8, 4) is 11.4 Å². The zero-order valence-corrected chi connectivity index (χ0v) is 14.7. The van der Waals surface area contributed by atoms with Crippen molar-refractivity contribution in [3.05, 3.63) is 50.9 Å².